The molecule has 3 aliphatic heterocycles. The molecule has 6 rings (SSSR count). The molecule has 1 aromatic carbocycles. The fourth-order valence-electron chi connectivity index (χ4n) is 4.69. The fraction of sp³-hybridized carbons (Fsp3) is 0.550. The Morgan fingerprint density at radius 2 is 1.88 bits per heavy atom. The van der Waals surface area contributed by atoms with Crippen LogP contribution in [0, 0.1) is 11.8 Å². The van der Waals surface area contributed by atoms with Crippen LogP contribution in [0.1, 0.15) is 42.6 Å². The molecule has 1 aromatic heterocycles. The van der Waals surface area contributed by atoms with E-state index in [0.29, 0.717) is 24.1 Å². The van der Waals surface area contributed by atoms with Gasteiger partial charge in [-0.1, -0.05) is 24.6 Å². The van der Waals surface area contributed by atoms with Gasteiger partial charge in [-0.25, -0.2) is 0 Å². The Morgan fingerprint density at radius 1 is 1.04 bits per heavy atom. The molecule has 1 aliphatic carbocycles. The van der Waals surface area contributed by atoms with E-state index in [1.807, 2.05) is 34.1 Å². The molecule has 1 N–H and O–H groups in total. The van der Waals surface area contributed by atoms with Crippen molar-refractivity contribution in [2.24, 2.45) is 11.8 Å². The molecule has 0 spiro atoms. The Hall–Kier alpha value is -2.37. The standard InChI is InChI=1S/C20H24N4O2/c25-19(14-4-3-5-14)23-10-13-8-9-15(12-23)24(11-13)20(26)18-16-6-1-2-7-17(16)21-22-18/h1-2,6-7,13-15H,3-5,8-12H2,(H,21,22)/t13-,15+/m0/s1. The number of H-pyrrole nitrogens is 1. The van der Waals surface area contributed by atoms with Crippen LogP contribution in [0.15, 0.2) is 24.3 Å². The third-order valence-corrected chi connectivity index (χ3v) is 6.41. The molecule has 2 amide bonds. The number of amides is 2. The minimum absolute atomic E-state index is 0.00454. The predicted molar refractivity (Wildman–Crippen MR) is 97.6 cm³/mol. The van der Waals surface area contributed by atoms with Gasteiger partial charge in [0.2, 0.25) is 5.91 Å². The number of benzene rings is 1. The van der Waals surface area contributed by atoms with E-state index in [1.165, 1.54) is 6.42 Å². The van der Waals surface area contributed by atoms with Crippen LogP contribution in [-0.4, -0.2) is 57.5 Å². The fourth-order valence-corrected chi connectivity index (χ4v) is 4.69. The highest BCUT2D eigenvalue weighted by atomic mass is 16.2. The van der Waals surface area contributed by atoms with Crippen molar-refractivity contribution in [3.8, 4) is 0 Å². The summed E-state index contributed by atoms with van der Waals surface area (Å²) in [6, 6.07) is 7.86. The maximum atomic E-state index is 13.2. The summed E-state index contributed by atoms with van der Waals surface area (Å²) in [5, 5.41) is 8.13. The first-order valence-electron chi connectivity index (χ1n) is 9.73. The normalized spacial score (nSPS) is 26.0. The Morgan fingerprint density at radius 3 is 2.69 bits per heavy atom. The lowest BCUT2D eigenvalue weighted by molar-refractivity contribution is -0.138. The number of hydrogen-bond acceptors (Lipinski definition) is 3. The average molecular weight is 352 g/mol. The van der Waals surface area contributed by atoms with Gasteiger partial charge in [0.05, 0.1) is 5.52 Å². The SMILES string of the molecule is O=C(C1CCC1)N1C[C@@H]2CC[C@H](C1)N(C(=O)c1n[nH]c3ccccc13)C2. The monoisotopic (exact) mass is 352 g/mol. The van der Waals surface area contributed by atoms with Crippen LogP contribution in [0.2, 0.25) is 0 Å². The number of nitrogens with one attached hydrogen (secondary N) is 1. The highest BCUT2D eigenvalue weighted by molar-refractivity contribution is 6.04. The molecule has 2 aromatic rings. The number of aromatic nitrogens is 2. The topological polar surface area (TPSA) is 69.3 Å². The van der Waals surface area contributed by atoms with Gasteiger partial charge in [-0.2, -0.15) is 5.10 Å². The largest absolute Gasteiger partial charge is 0.340 e. The van der Waals surface area contributed by atoms with Gasteiger partial charge in [0.1, 0.15) is 0 Å². The van der Waals surface area contributed by atoms with Gasteiger partial charge >= 0.3 is 0 Å². The number of fused-ring (bicyclic) bond motifs is 5. The molecule has 4 aliphatic rings. The van der Waals surface area contributed by atoms with Crippen molar-refractivity contribution in [1.82, 2.24) is 20.0 Å². The predicted octanol–water partition coefficient (Wildman–Crippen LogP) is 2.43. The number of carbonyl (C=O) groups is 2. The molecule has 1 saturated carbocycles. The Balaban J connectivity index is 1.40. The smallest absolute Gasteiger partial charge is 0.275 e. The molecule has 4 heterocycles. The first kappa shape index (κ1) is 15.9. The molecule has 6 nitrogen and oxygen atoms in total. The summed E-state index contributed by atoms with van der Waals surface area (Å²) in [6.45, 7) is 2.22. The highest BCUT2D eigenvalue weighted by Crippen LogP contribution is 2.34. The van der Waals surface area contributed by atoms with Crippen LogP contribution in [0.25, 0.3) is 10.9 Å². The third-order valence-electron chi connectivity index (χ3n) is 6.41. The molecular formula is C20H24N4O2. The lowest BCUT2D eigenvalue weighted by Crippen LogP contribution is -2.48. The number of piperidine rings is 1. The number of hydrogen-bond donors (Lipinski definition) is 1. The van der Waals surface area contributed by atoms with Gasteiger partial charge in [0.25, 0.3) is 5.91 Å². The number of para-hydroxylation sites is 1. The maximum Gasteiger partial charge on any atom is 0.275 e. The van der Waals surface area contributed by atoms with Crippen molar-refractivity contribution in [2.45, 2.75) is 38.1 Å². The second-order valence-corrected chi connectivity index (χ2v) is 8.04. The van der Waals surface area contributed by atoms with Crippen LogP contribution < -0.4 is 0 Å². The number of aromatic amines is 1. The lowest BCUT2D eigenvalue weighted by atomic mass is 9.84. The number of rotatable bonds is 2. The van der Waals surface area contributed by atoms with E-state index in [-0.39, 0.29) is 17.9 Å². The van der Waals surface area contributed by atoms with E-state index in [1.54, 1.807) is 0 Å². The van der Waals surface area contributed by atoms with E-state index in [0.717, 1.165) is 49.7 Å². The van der Waals surface area contributed by atoms with Gasteiger partial charge in [-0.05, 0) is 37.7 Å². The van der Waals surface area contributed by atoms with Gasteiger partial charge in [0, 0.05) is 37.0 Å². The summed E-state index contributed by atoms with van der Waals surface area (Å²) in [7, 11) is 0. The van der Waals surface area contributed by atoms with Crippen molar-refractivity contribution in [1.29, 1.82) is 0 Å². The zero-order valence-corrected chi connectivity index (χ0v) is 14.9. The quantitative estimate of drug-likeness (QED) is 0.902. The van der Waals surface area contributed by atoms with Crippen LogP contribution in [-0.2, 0) is 4.79 Å². The summed E-state index contributed by atoms with van der Waals surface area (Å²) in [4.78, 5) is 30.0. The second kappa shape index (κ2) is 6.11. The van der Waals surface area contributed by atoms with Crippen LogP contribution in [0.5, 0.6) is 0 Å². The third kappa shape index (κ3) is 2.50. The lowest BCUT2D eigenvalue weighted by Gasteiger charge is -2.36. The molecule has 26 heavy (non-hydrogen) atoms. The maximum absolute atomic E-state index is 13.2. The van der Waals surface area contributed by atoms with Gasteiger partial charge in [-0.3, -0.25) is 14.7 Å². The minimum Gasteiger partial charge on any atom is -0.340 e. The summed E-state index contributed by atoms with van der Waals surface area (Å²) in [5.41, 5.74) is 1.39. The summed E-state index contributed by atoms with van der Waals surface area (Å²) in [5.74, 6) is 0.918. The van der Waals surface area contributed by atoms with Crippen molar-refractivity contribution in [3.05, 3.63) is 30.0 Å². The number of nitrogens with zero attached hydrogens (tertiary/aromatic N) is 3. The van der Waals surface area contributed by atoms with Crippen molar-refractivity contribution in [2.75, 3.05) is 19.6 Å². The van der Waals surface area contributed by atoms with Crippen LogP contribution in [0.4, 0.5) is 0 Å². The molecule has 0 unspecified atom stereocenters. The van der Waals surface area contributed by atoms with E-state index < -0.39 is 0 Å². The van der Waals surface area contributed by atoms with Crippen LogP contribution in [0.3, 0.4) is 0 Å². The van der Waals surface area contributed by atoms with Crippen LogP contribution >= 0.6 is 0 Å². The Labute approximate surface area is 152 Å². The second-order valence-electron chi connectivity index (χ2n) is 8.04. The average Bonchev–Trinajstić information content (AvgIpc) is 2.81. The first-order valence-corrected chi connectivity index (χ1v) is 9.73. The van der Waals surface area contributed by atoms with Crippen molar-refractivity contribution in [3.63, 3.8) is 0 Å². The van der Waals surface area contributed by atoms with E-state index in [4.69, 9.17) is 0 Å². The van der Waals surface area contributed by atoms with E-state index in [9.17, 15) is 9.59 Å². The summed E-state index contributed by atoms with van der Waals surface area (Å²) in [6.07, 6.45) is 5.32. The molecule has 0 radical (unpaired) electrons. The van der Waals surface area contributed by atoms with Gasteiger partial charge in [0.15, 0.2) is 5.69 Å². The van der Waals surface area contributed by atoms with Gasteiger partial charge in [-0.15, -0.1) is 0 Å². The van der Waals surface area contributed by atoms with Crippen molar-refractivity contribution < 1.29 is 9.59 Å². The molecule has 2 bridgehead atoms. The molecule has 2 atom stereocenters. The van der Waals surface area contributed by atoms with Gasteiger partial charge < -0.3 is 9.80 Å². The zero-order chi connectivity index (χ0) is 17.7. The molecule has 4 fully saturated rings. The summed E-state index contributed by atoms with van der Waals surface area (Å²) >= 11 is 0. The zero-order valence-electron chi connectivity index (χ0n) is 14.9. The minimum atomic E-state index is -0.00454. The number of carbonyl (C=O) groups excluding carboxylic acids is 2. The van der Waals surface area contributed by atoms with Crippen molar-refractivity contribution >= 4 is 22.7 Å². The molecule has 6 heteroatoms. The highest BCUT2D eigenvalue weighted by Gasteiger charge is 2.41. The Kier molecular flexibility index (Phi) is 3.72. The van der Waals surface area contributed by atoms with E-state index >= 15 is 0 Å². The molecule has 3 saturated heterocycles. The molecule has 136 valence electrons. The molecular weight excluding hydrogens is 328 g/mol. The first-order chi connectivity index (χ1) is 12.7. The summed E-state index contributed by atoms with van der Waals surface area (Å²) < 4.78 is 0. The Bertz CT molecular complexity index is 856. The van der Waals surface area contributed by atoms with E-state index in [2.05, 4.69) is 10.2 Å².